The number of carbonyl (C=O) groups excluding carboxylic acids is 1. The van der Waals surface area contributed by atoms with Gasteiger partial charge in [-0.25, -0.2) is 4.98 Å². The van der Waals surface area contributed by atoms with Crippen LogP contribution in [0.25, 0.3) is 0 Å². The molecule has 0 aliphatic rings. The molecule has 0 aromatic carbocycles. The van der Waals surface area contributed by atoms with Crippen molar-refractivity contribution >= 4 is 23.3 Å². The summed E-state index contributed by atoms with van der Waals surface area (Å²) in [4.78, 5) is 15.6. The number of halogens is 1. The maximum atomic E-state index is 11.8. The first kappa shape index (κ1) is 12.4. The van der Waals surface area contributed by atoms with E-state index in [2.05, 4.69) is 10.3 Å². The normalized spacial score (nSPS) is 10.3. The Kier molecular flexibility index (Phi) is 3.84. The van der Waals surface area contributed by atoms with Crippen LogP contribution >= 0.6 is 11.6 Å². The number of nitrogen functional groups attached to an aromatic ring is 1. The highest BCUT2D eigenvalue weighted by Gasteiger charge is 2.08. The van der Waals surface area contributed by atoms with Crippen molar-refractivity contribution in [2.75, 3.05) is 12.3 Å². The Hall–Kier alpha value is -2.01. The van der Waals surface area contributed by atoms with Crippen LogP contribution in [0.3, 0.4) is 0 Å². The number of hydrogen-bond donors (Lipinski definition) is 2. The highest BCUT2D eigenvalue weighted by atomic mass is 35.5. The Labute approximate surface area is 109 Å². The van der Waals surface area contributed by atoms with Crippen molar-refractivity contribution in [3.63, 3.8) is 0 Å². The van der Waals surface area contributed by atoms with Crippen LogP contribution in [-0.2, 0) is 6.42 Å². The summed E-state index contributed by atoms with van der Waals surface area (Å²) in [6, 6.07) is 5.15. The summed E-state index contributed by atoms with van der Waals surface area (Å²) in [5.74, 6) is 0.795. The minimum Gasteiger partial charge on any atom is -0.469 e. The van der Waals surface area contributed by atoms with E-state index in [-0.39, 0.29) is 16.7 Å². The molecule has 0 atom stereocenters. The van der Waals surface area contributed by atoms with Crippen LogP contribution in [-0.4, -0.2) is 17.4 Å². The molecule has 1 amide bonds. The summed E-state index contributed by atoms with van der Waals surface area (Å²) < 4.78 is 5.15. The third-order valence-corrected chi connectivity index (χ3v) is 2.67. The van der Waals surface area contributed by atoms with Gasteiger partial charge in [0.25, 0.3) is 5.91 Å². The molecule has 2 aromatic heterocycles. The SMILES string of the molecule is Nc1ncc(C(=O)NCCc2ccco2)cc1Cl. The zero-order chi connectivity index (χ0) is 13.0. The molecule has 0 spiro atoms. The minimum atomic E-state index is -0.240. The summed E-state index contributed by atoms with van der Waals surface area (Å²) in [6.45, 7) is 0.480. The predicted molar refractivity (Wildman–Crippen MR) is 68.4 cm³/mol. The second-order valence-corrected chi connectivity index (χ2v) is 4.08. The number of amides is 1. The average molecular weight is 266 g/mol. The van der Waals surface area contributed by atoms with Gasteiger partial charge >= 0.3 is 0 Å². The second kappa shape index (κ2) is 5.55. The fourth-order valence-corrected chi connectivity index (χ4v) is 1.60. The van der Waals surface area contributed by atoms with Gasteiger partial charge in [-0.3, -0.25) is 4.79 Å². The molecule has 0 fully saturated rings. The lowest BCUT2D eigenvalue weighted by Gasteiger charge is -2.05. The Morgan fingerprint density at radius 1 is 1.56 bits per heavy atom. The highest BCUT2D eigenvalue weighted by molar-refractivity contribution is 6.33. The number of rotatable bonds is 4. The summed E-state index contributed by atoms with van der Waals surface area (Å²) in [7, 11) is 0. The molecule has 18 heavy (non-hydrogen) atoms. The number of hydrogen-bond acceptors (Lipinski definition) is 4. The number of aromatic nitrogens is 1. The van der Waals surface area contributed by atoms with E-state index in [1.54, 1.807) is 12.3 Å². The number of furan rings is 1. The zero-order valence-corrected chi connectivity index (χ0v) is 10.3. The lowest BCUT2D eigenvalue weighted by atomic mass is 10.2. The molecule has 94 valence electrons. The van der Waals surface area contributed by atoms with Gasteiger partial charge < -0.3 is 15.5 Å². The number of nitrogens with one attached hydrogen (secondary N) is 1. The molecular weight excluding hydrogens is 254 g/mol. The largest absolute Gasteiger partial charge is 0.469 e. The number of nitrogens with two attached hydrogens (primary N) is 1. The van der Waals surface area contributed by atoms with Gasteiger partial charge in [0.1, 0.15) is 11.6 Å². The van der Waals surface area contributed by atoms with E-state index in [0.29, 0.717) is 18.5 Å². The fraction of sp³-hybridized carbons (Fsp3) is 0.167. The van der Waals surface area contributed by atoms with Crippen LogP contribution in [0.15, 0.2) is 35.1 Å². The molecule has 2 aromatic rings. The number of anilines is 1. The van der Waals surface area contributed by atoms with Crippen molar-refractivity contribution < 1.29 is 9.21 Å². The first-order chi connectivity index (χ1) is 8.66. The Morgan fingerprint density at radius 3 is 3.06 bits per heavy atom. The van der Waals surface area contributed by atoms with E-state index in [1.165, 1.54) is 12.3 Å². The highest BCUT2D eigenvalue weighted by Crippen LogP contribution is 2.16. The molecule has 3 N–H and O–H groups in total. The smallest absolute Gasteiger partial charge is 0.252 e. The van der Waals surface area contributed by atoms with E-state index < -0.39 is 0 Å². The third-order valence-electron chi connectivity index (χ3n) is 2.37. The van der Waals surface area contributed by atoms with Crippen LogP contribution in [0, 0.1) is 0 Å². The summed E-state index contributed by atoms with van der Waals surface area (Å²) in [5, 5.41) is 3.02. The van der Waals surface area contributed by atoms with Gasteiger partial charge in [-0.15, -0.1) is 0 Å². The van der Waals surface area contributed by atoms with E-state index in [9.17, 15) is 4.79 Å². The van der Waals surface area contributed by atoms with Gasteiger partial charge in [0.2, 0.25) is 0 Å². The summed E-state index contributed by atoms with van der Waals surface area (Å²) >= 11 is 5.79. The fourth-order valence-electron chi connectivity index (χ4n) is 1.43. The molecule has 0 aliphatic carbocycles. The van der Waals surface area contributed by atoms with Crippen molar-refractivity contribution in [3.05, 3.63) is 47.0 Å². The molecule has 0 aliphatic heterocycles. The van der Waals surface area contributed by atoms with Crippen molar-refractivity contribution in [1.82, 2.24) is 10.3 Å². The first-order valence-electron chi connectivity index (χ1n) is 5.38. The van der Waals surface area contributed by atoms with Gasteiger partial charge in [-0.2, -0.15) is 0 Å². The van der Waals surface area contributed by atoms with E-state index in [4.69, 9.17) is 21.8 Å². The molecule has 6 heteroatoms. The van der Waals surface area contributed by atoms with E-state index >= 15 is 0 Å². The van der Waals surface area contributed by atoms with Crippen molar-refractivity contribution in [2.24, 2.45) is 0 Å². The molecule has 2 rings (SSSR count). The van der Waals surface area contributed by atoms with Gasteiger partial charge in [0.15, 0.2) is 0 Å². The molecule has 5 nitrogen and oxygen atoms in total. The van der Waals surface area contributed by atoms with Crippen molar-refractivity contribution in [1.29, 1.82) is 0 Å². The maximum absolute atomic E-state index is 11.8. The van der Waals surface area contributed by atoms with Gasteiger partial charge in [-0.05, 0) is 18.2 Å². The quantitative estimate of drug-likeness (QED) is 0.884. The first-order valence-corrected chi connectivity index (χ1v) is 5.76. The number of nitrogens with zero attached hydrogens (tertiary/aromatic N) is 1. The molecule has 2 heterocycles. The molecule has 0 saturated heterocycles. The lowest BCUT2D eigenvalue weighted by Crippen LogP contribution is -2.25. The predicted octanol–water partition coefficient (Wildman–Crippen LogP) is 1.88. The Bertz CT molecular complexity index is 540. The van der Waals surface area contributed by atoms with Crippen LogP contribution in [0.2, 0.25) is 5.02 Å². The molecule has 0 bridgehead atoms. The van der Waals surface area contributed by atoms with Gasteiger partial charge in [-0.1, -0.05) is 11.6 Å². The second-order valence-electron chi connectivity index (χ2n) is 3.68. The lowest BCUT2D eigenvalue weighted by molar-refractivity contribution is 0.0953. The monoisotopic (exact) mass is 265 g/mol. The van der Waals surface area contributed by atoms with Crippen LogP contribution in [0.4, 0.5) is 5.82 Å². The Morgan fingerprint density at radius 2 is 2.39 bits per heavy atom. The van der Waals surface area contributed by atoms with Gasteiger partial charge in [0, 0.05) is 19.2 Å². The van der Waals surface area contributed by atoms with E-state index in [0.717, 1.165) is 5.76 Å². The molecule has 0 saturated carbocycles. The number of carbonyl (C=O) groups is 1. The Balaban J connectivity index is 1.89. The van der Waals surface area contributed by atoms with Gasteiger partial charge in [0.05, 0.1) is 16.8 Å². The van der Waals surface area contributed by atoms with Crippen LogP contribution in [0.1, 0.15) is 16.1 Å². The van der Waals surface area contributed by atoms with Crippen molar-refractivity contribution in [3.8, 4) is 0 Å². The minimum absolute atomic E-state index is 0.212. The molecule has 0 radical (unpaired) electrons. The van der Waals surface area contributed by atoms with E-state index in [1.807, 2.05) is 6.07 Å². The van der Waals surface area contributed by atoms with Crippen LogP contribution < -0.4 is 11.1 Å². The van der Waals surface area contributed by atoms with Crippen LogP contribution in [0.5, 0.6) is 0 Å². The standard InChI is InChI=1S/C12H12ClN3O2/c13-10-6-8(7-16-11(10)14)12(17)15-4-3-9-2-1-5-18-9/h1-2,5-7H,3-4H2,(H2,14,16)(H,15,17). The number of pyridine rings is 1. The third kappa shape index (κ3) is 3.01. The maximum Gasteiger partial charge on any atom is 0.252 e. The molecule has 0 unspecified atom stereocenters. The summed E-state index contributed by atoms with van der Waals surface area (Å²) in [6.07, 6.45) is 3.62. The summed E-state index contributed by atoms with van der Waals surface area (Å²) in [5.41, 5.74) is 5.85. The zero-order valence-electron chi connectivity index (χ0n) is 9.52. The molecular formula is C12H12ClN3O2. The van der Waals surface area contributed by atoms with Crippen molar-refractivity contribution in [2.45, 2.75) is 6.42 Å². The average Bonchev–Trinajstić information content (AvgIpc) is 2.85. The topological polar surface area (TPSA) is 81.1 Å².